The lowest BCUT2D eigenvalue weighted by molar-refractivity contribution is 0.587. The predicted molar refractivity (Wildman–Crippen MR) is 273 cm³/mol. The average Bonchev–Trinajstić information content (AvgIpc) is 3.84. The Morgan fingerprint density at radius 1 is 0.338 bits per heavy atom. The molecule has 1 nitrogen and oxygen atoms in total. The van der Waals surface area contributed by atoms with Crippen molar-refractivity contribution in [3.05, 3.63) is 280 Å². The fourth-order valence-electron chi connectivity index (χ4n) is 10.9. The van der Waals surface area contributed by atoms with E-state index in [1.807, 2.05) is 29.2 Å². The number of benzene rings is 9. The number of rotatable bonds is 7. The standard InChI is InChI=1S/C64H55N/c1-61(2,3)48-34-40-55-53-26-16-18-28-57(53)63(59(55)42-48,44-20-10-7-11-21-44)46-30-36-51(37-31-46)65(50-24-14-9-15-25-50)52-38-32-47(33-39-52)64(45-22-12-8-13-23-45)58-29-19-17-27-54(58)56-41-35-49(43-60(56)64)62(4,5)6/h7-43H,1-6H3/i9D,14D,15D,24D,25D. The molecule has 9 aromatic carbocycles. The van der Waals surface area contributed by atoms with Crippen molar-refractivity contribution in [3.8, 4) is 22.3 Å². The summed E-state index contributed by atoms with van der Waals surface area (Å²) >= 11 is 0. The highest BCUT2D eigenvalue weighted by Gasteiger charge is 2.48. The van der Waals surface area contributed by atoms with Gasteiger partial charge in [-0.3, -0.25) is 0 Å². The van der Waals surface area contributed by atoms with Gasteiger partial charge in [-0.2, -0.15) is 0 Å². The van der Waals surface area contributed by atoms with Crippen molar-refractivity contribution in [3.63, 3.8) is 0 Å². The molecule has 0 saturated carbocycles. The highest BCUT2D eigenvalue weighted by molar-refractivity contribution is 5.89. The van der Waals surface area contributed by atoms with Crippen LogP contribution in [0.5, 0.6) is 0 Å². The van der Waals surface area contributed by atoms with Gasteiger partial charge in [0, 0.05) is 17.1 Å². The van der Waals surface area contributed by atoms with Crippen LogP contribution >= 0.6 is 0 Å². The number of hydrogen-bond donors (Lipinski definition) is 0. The molecule has 2 unspecified atom stereocenters. The Balaban J connectivity index is 1.13. The molecule has 1 heteroatoms. The van der Waals surface area contributed by atoms with Crippen molar-refractivity contribution < 1.29 is 6.85 Å². The van der Waals surface area contributed by atoms with Gasteiger partial charge in [-0.25, -0.2) is 0 Å². The van der Waals surface area contributed by atoms with E-state index in [4.69, 9.17) is 4.11 Å². The molecule has 2 atom stereocenters. The van der Waals surface area contributed by atoms with E-state index < -0.39 is 16.9 Å². The summed E-state index contributed by atoms with van der Waals surface area (Å²) in [6.07, 6.45) is 0. The Bertz CT molecular complexity index is 3270. The molecule has 9 aromatic rings. The van der Waals surface area contributed by atoms with Crippen molar-refractivity contribution in [2.24, 2.45) is 0 Å². The number of nitrogens with zero attached hydrogens (tertiary/aromatic N) is 1. The van der Waals surface area contributed by atoms with Gasteiger partial charge in [0.25, 0.3) is 0 Å². The monoisotopic (exact) mass is 842 g/mol. The average molecular weight is 843 g/mol. The summed E-state index contributed by atoms with van der Waals surface area (Å²) in [5, 5.41) is 0. The van der Waals surface area contributed by atoms with Crippen LogP contribution in [-0.2, 0) is 21.7 Å². The molecule has 0 N–H and O–H groups in total. The molecule has 2 aliphatic rings. The first-order valence-corrected chi connectivity index (χ1v) is 22.8. The van der Waals surface area contributed by atoms with Crippen LogP contribution in [0.2, 0.25) is 0 Å². The largest absolute Gasteiger partial charge is 0.311 e. The van der Waals surface area contributed by atoms with Crippen molar-refractivity contribution in [2.75, 3.05) is 4.90 Å². The van der Waals surface area contributed by atoms with Gasteiger partial charge in [0.05, 0.1) is 17.7 Å². The van der Waals surface area contributed by atoms with E-state index in [2.05, 4.69) is 211 Å². The Kier molecular flexibility index (Phi) is 8.23. The first-order chi connectivity index (χ1) is 33.6. The molecule has 316 valence electrons. The fraction of sp³-hybridized carbons (Fsp3) is 0.156. The van der Waals surface area contributed by atoms with E-state index in [1.54, 1.807) is 0 Å². The molecule has 0 aliphatic heterocycles. The zero-order valence-corrected chi connectivity index (χ0v) is 37.9. The lowest BCUT2D eigenvalue weighted by Crippen LogP contribution is -2.29. The molecule has 2 aliphatic carbocycles. The summed E-state index contributed by atoms with van der Waals surface area (Å²) in [6.45, 7) is 13.5. The van der Waals surface area contributed by atoms with Crippen LogP contribution in [0.15, 0.2) is 224 Å². The van der Waals surface area contributed by atoms with Crippen molar-refractivity contribution in [2.45, 2.75) is 63.2 Å². The van der Waals surface area contributed by atoms with Crippen LogP contribution in [0.4, 0.5) is 17.1 Å². The first-order valence-electron chi connectivity index (χ1n) is 25.3. The lowest BCUT2D eigenvalue weighted by atomic mass is 9.67. The highest BCUT2D eigenvalue weighted by atomic mass is 15.1. The van der Waals surface area contributed by atoms with Gasteiger partial charge >= 0.3 is 0 Å². The van der Waals surface area contributed by atoms with Crippen LogP contribution in [0, 0.1) is 0 Å². The maximum Gasteiger partial charge on any atom is 0.0713 e. The molecule has 0 saturated heterocycles. The third kappa shape index (κ3) is 6.28. The van der Waals surface area contributed by atoms with E-state index in [9.17, 15) is 2.74 Å². The fourth-order valence-corrected chi connectivity index (χ4v) is 10.9. The van der Waals surface area contributed by atoms with Crippen molar-refractivity contribution in [1.82, 2.24) is 0 Å². The summed E-state index contributed by atoms with van der Waals surface area (Å²) in [6, 6.07) is 67.8. The molecule has 0 fully saturated rings. The van der Waals surface area contributed by atoms with Gasteiger partial charge in [0.15, 0.2) is 0 Å². The van der Waals surface area contributed by atoms with E-state index in [0.29, 0.717) is 11.4 Å². The maximum atomic E-state index is 9.36. The van der Waals surface area contributed by atoms with Crippen LogP contribution in [-0.4, -0.2) is 0 Å². The number of anilines is 3. The molecular weight excluding hydrogens is 783 g/mol. The summed E-state index contributed by atoms with van der Waals surface area (Å²) in [5.74, 6) is 0. The number of fused-ring (bicyclic) bond motifs is 6. The topological polar surface area (TPSA) is 3.24 Å². The molecule has 0 spiro atoms. The van der Waals surface area contributed by atoms with Gasteiger partial charge in [-0.05, 0) is 125 Å². The van der Waals surface area contributed by atoms with Crippen molar-refractivity contribution in [1.29, 1.82) is 0 Å². The SMILES string of the molecule is [2H]c1c([2H])c([2H])c(N(c2ccc(C3(c4ccccc4)c4ccccc4-c4ccc(C(C)(C)C)cc43)cc2)c2ccc(C3(c4ccccc4)c4ccccc4-c4ccc(C(C)(C)C)cc43)cc2)c([2H])c1[2H]. The van der Waals surface area contributed by atoms with E-state index in [0.717, 1.165) is 22.3 Å². The zero-order valence-electron chi connectivity index (χ0n) is 42.9. The predicted octanol–water partition coefficient (Wildman–Crippen LogP) is 16.5. The number of para-hydroxylation sites is 1. The molecule has 0 heterocycles. The lowest BCUT2D eigenvalue weighted by Gasteiger charge is -2.36. The van der Waals surface area contributed by atoms with Crippen LogP contribution in [0.1, 0.15) is 104 Å². The second kappa shape index (κ2) is 15.2. The normalized spacial score (nSPS) is 18.3. The first kappa shape index (κ1) is 35.2. The third-order valence-corrected chi connectivity index (χ3v) is 14.1. The van der Waals surface area contributed by atoms with Gasteiger partial charge < -0.3 is 4.90 Å². The maximum absolute atomic E-state index is 9.36. The van der Waals surface area contributed by atoms with E-state index in [-0.39, 0.29) is 40.7 Å². The molecular formula is C64H55N. The molecule has 0 radical (unpaired) electrons. The van der Waals surface area contributed by atoms with Crippen LogP contribution in [0.25, 0.3) is 22.3 Å². The van der Waals surface area contributed by atoms with Crippen LogP contribution < -0.4 is 4.90 Å². The second-order valence-corrected chi connectivity index (χ2v) is 19.7. The van der Waals surface area contributed by atoms with Gasteiger partial charge in [-0.1, -0.05) is 230 Å². The molecule has 65 heavy (non-hydrogen) atoms. The third-order valence-electron chi connectivity index (χ3n) is 14.1. The summed E-state index contributed by atoms with van der Waals surface area (Å²) in [7, 11) is 0. The zero-order chi connectivity index (χ0) is 48.9. The minimum absolute atomic E-state index is 0.0831. The van der Waals surface area contributed by atoms with Gasteiger partial charge in [0.1, 0.15) is 0 Å². The smallest absolute Gasteiger partial charge is 0.0713 e. The van der Waals surface area contributed by atoms with Crippen molar-refractivity contribution >= 4 is 17.1 Å². The Morgan fingerprint density at radius 2 is 0.692 bits per heavy atom. The van der Waals surface area contributed by atoms with Gasteiger partial charge in [0.2, 0.25) is 0 Å². The van der Waals surface area contributed by atoms with Crippen LogP contribution in [0.3, 0.4) is 0 Å². The van der Waals surface area contributed by atoms with E-state index >= 15 is 0 Å². The molecule has 11 rings (SSSR count). The second-order valence-electron chi connectivity index (χ2n) is 19.7. The van der Waals surface area contributed by atoms with Gasteiger partial charge in [-0.15, -0.1) is 0 Å². The summed E-state index contributed by atoms with van der Waals surface area (Å²) < 4.78 is 45.0. The molecule has 0 amide bonds. The Hall–Kier alpha value is -7.22. The molecule has 0 bridgehead atoms. The highest BCUT2D eigenvalue weighted by Crippen LogP contribution is 2.59. The van der Waals surface area contributed by atoms with E-state index in [1.165, 1.54) is 55.6 Å². The summed E-state index contributed by atoms with van der Waals surface area (Å²) in [5.41, 5.74) is 16.5. The Morgan fingerprint density at radius 3 is 1.09 bits per heavy atom. The number of hydrogen-bond acceptors (Lipinski definition) is 1. The minimum atomic E-state index is -0.664. The minimum Gasteiger partial charge on any atom is -0.311 e. The summed E-state index contributed by atoms with van der Waals surface area (Å²) in [4.78, 5) is 1.83. The quantitative estimate of drug-likeness (QED) is 0.154. The Labute approximate surface area is 392 Å². The molecule has 0 aromatic heterocycles.